The maximum Gasteiger partial charge on any atom is 0.257 e. The monoisotopic (exact) mass is 401 g/mol. The molecule has 6 heteroatoms. The Bertz CT molecular complexity index is 1270. The highest BCUT2D eigenvalue weighted by Gasteiger charge is 2.28. The van der Waals surface area contributed by atoms with Crippen molar-refractivity contribution in [3.05, 3.63) is 89.1 Å². The third kappa shape index (κ3) is 3.15. The van der Waals surface area contributed by atoms with Crippen molar-refractivity contribution < 1.29 is 9.00 Å². The number of anilines is 1. The van der Waals surface area contributed by atoms with E-state index in [2.05, 4.69) is 10.4 Å². The highest BCUT2D eigenvalue weighted by atomic mass is 32.2. The van der Waals surface area contributed by atoms with Crippen molar-refractivity contribution in [2.45, 2.75) is 18.4 Å². The Kier molecular flexibility index (Phi) is 4.28. The van der Waals surface area contributed by atoms with Gasteiger partial charge < -0.3 is 5.32 Å². The molecule has 144 valence electrons. The first-order chi connectivity index (χ1) is 14.1. The van der Waals surface area contributed by atoms with E-state index in [4.69, 9.17) is 0 Å². The van der Waals surface area contributed by atoms with E-state index in [1.165, 1.54) is 0 Å². The van der Waals surface area contributed by atoms with E-state index in [0.717, 1.165) is 33.3 Å². The zero-order chi connectivity index (χ0) is 20.0. The van der Waals surface area contributed by atoms with Gasteiger partial charge in [-0.3, -0.25) is 9.00 Å². The number of hydrogen-bond donors (Lipinski definition) is 1. The number of benzene rings is 3. The zero-order valence-corrected chi connectivity index (χ0v) is 16.7. The number of aryl methyl sites for hydroxylation is 1. The van der Waals surface area contributed by atoms with Crippen LogP contribution in [0, 0.1) is 6.92 Å². The number of amides is 1. The van der Waals surface area contributed by atoms with Crippen LogP contribution in [-0.2, 0) is 22.3 Å². The van der Waals surface area contributed by atoms with Crippen LogP contribution in [0.2, 0.25) is 0 Å². The van der Waals surface area contributed by atoms with Gasteiger partial charge in [-0.15, -0.1) is 0 Å². The summed E-state index contributed by atoms with van der Waals surface area (Å²) in [5.41, 5.74) is 4.27. The minimum atomic E-state index is -0.976. The second-order valence-corrected chi connectivity index (χ2v) is 8.69. The van der Waals surface area contributed by atoms with Crippen LogP contribution in [0.1, 0.15) is 27.2 Å². The number of carbonyl (C=O) groups excluding carboxylic acids is 1. The predicted octanol–water partition coefficient (Wildman–Crippen LogP) is 4.35. The number of rotatable bonds is 3. The average molecular weight is 401 g/mol. The van der Waals surface area contributed by atoms with E-state index < -0.39 is 10.8 Å². The molecule has 0 bridgehead atoms. The van der Waals surface area contributed by atoms with Crippen molar-refractivity contribution in [2.75, 3.05) is 5.32 Å². The zero-order valence-electron chi connectivity index (χ0n) is 15.9. The number of carbonyl (C=O) groups is 1. The summed E-state index contributed by atoms with van der Waals surface area (Å²) in [6.07, 6.45) is 0. The Labute approximate surface area is 170 Å². The van der Waals surface area contributed by atoms with Crippen LogP contribution in [0.4, 0.5) is 5.82 Å². The summed E-state index contributed by atoms with van der Waals surface area (Å²) >= 11 is 0. The molecule has 0 fully saturated rings. The number of hydrogen-bond acceptors (Lipinski definition) is 3. The number of fused-ring (bicyclic) bond motifs is 2. The van der Waals surface area contributed by atoms with Gasteiger partial charge in [0.15, 0.2) is 0 Å². The Balaban J connectivity index is 1.59. The Morgan fingerprint density at radius 1 is 1.00 bits per heavy atom. The Morgan fingerprint density at radius 3 is 2.59 bits per heavy atom. The van der Waals surface area contributed by atoms with E-state index in [0.29, 0.717) is 22.9 Å². The van der Waals surface area contributed by atoms with E-state index >= 15 is 0 Å². The molecule has 0 radical (unpaired) electrons. The van der Waals surface area contributed by atoms with Crippen molar-refractivity contribution in [3.8, 4) is 5.69 Å². The summed E-state index contributed by atoms with van der Waals surface area (Å²) < 4.78 is 13.8. The standard InChI is InChI=1S/C23H19N3O2S/c1-15-9-11-17(12-10-15)26-22(20-13-29(28)14-21(20)25-26)24-23(27)19-8-4-6-16-5-2-3-7-18(16)19/h2-12H,13-14H2,1H3,(H,24,27)/t29-/m0/s1. The molecule has 0 spiro atoms. The Hall–Kier alpha value is -3.25. The molecule has 3 aromatic carbocycles. The number of nitrogens with zero attached hydrogens (tertiary/aromatic N) is 2. The second-order valence-electron chi connectivity index (χ2n) is 7.23. The third-order valence-corrected chi connectivity index (χ3v) is 6.42. The summed E-state index contributed by atoms with van der Waals surface area (Å²) in [6.45, 7) is 2.03. The van der Waals surface area contributed by atoms with Gasteiger partial charge in [-0.1, -0.05) is 54.1 Å². The molecule has 1 aliphatic heterocycles. The fourth-order valence-electron chi connectivity index (χ4n) is 3.73. The van der Waals surface area contributed by atoms with E-state index in [1.54, 1.807) is 4.68 Å². The van der Waals surface area contributed by atoms with Crippen LogP contribution in [0.15, 0.2) is 66.7 Å². The van der Waals surface area contributed by atoms with Crippen LogP contribution in [0.3, 0.4) is 0 Å². The minimum Gasteiger partial charge on any atom is -0.306 e. The molecule has 1 amide bonds. The lowest BCUT2D eigenvalue weighted by Gasteiger charge is -2.12. The van der Waals surface area contributed by atoms with E-state index in [9.17, 15) is 9.00 Å². The lowest BCUT2D eigenvalue weighted by molar-refractivity contribution is 0.102. The maximum atomic E-state index is 13.2. The highest BCUT2D eigenvalue weighted by molar-refractivity contribution is 7.83. The fourth-order valence-corrected chi connectivity index (χ4v) is 4.99. The minimum absolute atomic E-state index is 0.199. The first-order valence-electron chi connectivity index (χ1n) is 9.42. The summed E-state index contributed by atoms with van der Waals surface area (Å²) in [6, 6.07) is 21.5. The summed E-state index contributed by atoms with van der Waals surface area (Å²) in [7, 11) is -0.976. The van der Waals surface area contributed by atoms with Gasteiger partial charge in [0.05, 0.1) is 22.9 Å². The molecular weight excluding hydrogens is 382 g/mol. The van der Waals surface area contributed by atoms with Gasteiger partial charge in [-0.05, 0) is 35.9 Å². The molecule has 1 aromatic heterocycles. The van der Waals surface area contributed by atoms with Crippen LogP contribution in [-0.4, -0.2) is 19.9 Å². The molecule has 0 unspecified atom stereocenters. The SMILES string of the molecule is Cc1ccc(-n2nc3c(c2NC(=O)c2cccc4ccccc24)C[S@](=O)C3)cc1. The number of aromatic nitrogens is 2. The van der Waals surface area contributed by atoms with Crippen molar-refractivity contribution in [2.24, 2.45) is 0 Å². The summed E-state index contributed by atoms with van der Waals surface area (Å²) in [5, 5.41) is 9.63. The Morgan fingerprint density at radius 2 is 1.76 bits per heavy atom. The molecule has 1 N–H and O–H groups in total. The molecule has 2 heterocycles. The van der Waals surface area contributed by atoms with Gasteiger partial charge in [-0.2, -0.15) is 5.10 Å². The normalized spacial score (nSPS) is 15.4. The largest absolute Gasteiger partial charge is 0.306 e. The van der Waals surface area contributed by atoms with Gasteiger partial charge in [0.25, 0.3) is 5.91 Å². The van der Waals surface area contributed by atoms with Crippen LogP contribution in [0.5, 0.6) is 0 Å². The molecule has 29 heavy (non-hydrogen) atoms. The van der Waals surface area contributed by atoms with Crippen molar-refractivity contribution in [3.63, 3.8) is 0 Å². The van der Waals surface area contributed by atoms with Gasteiger partial charge in [0.1, 0.15) is 5.82 Å². The van der Waals surface area contributed by atoms with Crippen molar-refractivity contribution >= 4 is 33.3 Å². The van der Waals surface area contributed by atoms with Gasteiger partial charge >= 0.3 is 0 Å². The maximum absolute atomic E-state index is 13.2. The average Bonchev–Trinajstić information content (AvgIpc) is 3.25. The van der Waals surface area contributed by atoms with E-state index in [-0.39, 0.29) is 5.91 Å². The molecule has 0 aliphatic carbocycles. The number of nitrogens with one attached hydrogen (secondary N) is 1. The van der Waals surface area contributed by atoms with Crippen molar-refractivity contribution in [1.82, 2.24) is 9.78 Å². The van der Waals surface area contributed by atoms with Crippen LogP contribution in [0.25, 0.3) is 16.5 Å². The predicted molar refractivity (Wildman–Crippen MR) is 116 cm³/mol. The molecule has 0 saturated carbocycles. The van der Waals surface area contributed by atoms with Crippen LogP contribution >= 0.6 is 0 Å². The van der Waals surface area contributed by atoms with Gasteiger partial charge in [0.2, 0.25) is 0 Å². The molecule has 5 rings (SSSR count). The van der Waals surface area contributed by atoms with Gasteiger partial charge in [0, 0.05) is 21.9 Å². The molecule has 5 nitrogen and oxygen atoms in total. The van der Waals surface area contributed by atoms with Crippen LogP contribution < -0.4 is 5.32 Å². The first kappa shape index (κ1) is 17.8. The van der Waals surface area contributed by atoms with Crippen molar-refractivity contribution in [1.29, 1.82) is 0 Å². The summed E-state index contributed by atoms with van der Waals surface area (Å²) in [5.74, 6) is 1.24. The topological polar surface area (TPSA) is 64.0 Å². The molecule has 1 aliphatic rings. The molecule has 4 aromatic rings. The second kappa shape index (κ2) is 6.97. The van der Waals surface area contributed by atoms with E-state index in [1.807, 2.05) is 73.7 Å². The molecular formula is C23H19N3O2S. The first-order valence-corrected chi connectivity index (χ1v) is 10.9. The highest BCUT2D eigenvalue weighted by Crippen LogP contribution is 2.32. The molecule has 1 atom stereocenters. The summed E-state index contributed by atoms with van der Waals surface area (Å²) in [4.78, 5) is 13.2. The smallest absolute Gasteiger partial charge is 0.257 e. The third-order valence-electron chi connectivity index (χ3n) is 5.21. The van der Waals surface area contributed by atoms with Gasteiger partial charge in [-0.25, -0.2) is 4.68 Å². The lowest BCUT2D eigenvalue weighted by atomic mass is 10.0. The quantitative estimate of drug-likeness (QED) is 0.555. The lowest BCUT2D eigenvalue weighted by Crippen LogP contribution is -2.17. The fraction of sp³-hybridized carbons (Fsp3) is 0.130. The molecule has 0 saturated heterocycles.